The molecule has 2 N–H and O–H groups in total. The lowest BCUT2D eigenvalue weighted by molar-refractivity contribution is 0.557. The second kappa shape index (κ2) is 8.71. The maximum atomic E-state index is 9.70. The van der Waals surface area contributed by atoms with Crippen molar-refractivity contribution in [3.05, 3.63) is 100 Å². The van der Waals surface area contributed by atoms with Crippen LogP contribution in [0.1, 0.15) is 11.3 Å². The van der Waals surface area contributed by atoms with Crippen molar-refractivity contribution in [2.24, 2.45) is 0 Å². The van der Waals surface area contributed by atoms with E-state index in [2.05, 4.69) is 12.6 Å². The molecule has 0 bridgehead atoms. The highest BCUT2D eigenvalue weighted by atomic mass is 35.5. The van der Waals surface area contributed by atoms with Crippen LogP contribution in [-0.2, 0) is 6.54 Å². The van der Waals surface area contributed by atoms with Crippen LogP contribution < -0.4 is 10.6 Å². The number of nitriles is 1. The zero-order valence-electron chi connectivity index (χ0n) is 14.9. The van der Waals surface area contributed by atoms with Gasteiger partial charge in [-0.15, -0.1) is 0 Å². The lowest BCUT2D eigenvalue weighted by atomic mass is 10.1. The second-order valence-corrected chi connectivity index (χ2v) is 6.86. The standard InChI is InChI=1S/C22H17Cl2N3O/c1-15(17(13-25)11-19-5-4-10-28-19)27(22-7-3-2-6-21(22)26)14-16-8-9-18(23)12-20(16)24/h2-12H,1,14,26H2/b17-11+. The number of rotatable bonds is 6. The Morgan fingerprint density at radius 2 is 1.96 bits per heavy atom. The fourth-order valence-electron chi connectivity index (χ4n) is 2.72. The minimum absolute atomic E-state index is 0.350. The third-order valence-corrected chi connectivity index (χ3v) is 4.75. The summed E-state index contributed by atoms with van der Waals surface area (Å²) in [6, 6.07) is 18.4. The normalized spacial score (nSPS) is 11.1. The number of para-hydroxylation sites is 2. The molecule has 1 heterocycles. The van der Waals surface area contributed by atoms with E-state index in [4.69, 9.17) is 33.4 Å². The lowest BCUT2D eigenvalue weighted by Gasteiger charge is -2.28. The van der Waals surface area contributed by atoms with Crippen molar-refractivity contribution in [2.75, 3.05) is 10.6 Å². The number of anilines is 2. The maximum absolute atomic E-state index is 9.70. The van der Waals surface area contributed by atoms with Gasteiger partial charge in [0.1, 0.15) is 11.8 Å². The average molecular weight is 410 g/mol. The van der Waals surface area contributed by atoms with Crippen molar-refractivity contribution in [2.45, 2.75) is 6.54 Å². The van der Waals surface area contributed by atoms with Gasteiger partial charge in [-0.05, 0) is 42.0 Å². The molecule has 0 atom stereocenters. The molecule has 3 aromatic rings. The number of furan rings is 1. The van der Waals surface area contributed by atoms with Crippen LogP contribution in [0.2, 0.25) is 10.0 Å². The number of halogens is 2. The first-order valence-electron chi connectivity index (χ1n) is 8.40. The zero-order valence-corrected chi connectivity index (χ0v) is 16.4. The molecule has 0 aliphatic heterocycles. The van der Waals surface area contributed by atoms with E-state index in [9.17, 15) is 5.26 Å². The van der Waals surface area contributed by atoms with Crippen molar-refractivity contribution in [1.29, 1.82) is 5.26 Å². The summed E-state index contributed by atoms with van der Waals surface area (Å²) < 4.78 is 5.33. The molecule has 4 nitrogen and oxygen atoms in total. The molecule has 3 rings (SSSR count). The zero-order chi connectivity index (χ0) is 20.1. The number of nitrogens with two attached hydrogens (primary N) is 1. The molecular weight excluding hydrogens is 393 g/mol. The van der Waals surface area contributed by atoms with E-state index < -0.39 is 0 Å². The largest absolute Gasteiger partial charge is 0.465 e. The number of nitrogen functional groups attached to an aromatic ring is 1. The van der Waals surface area contributed by atoms with Gasteiger partial charge in [0.15, 0.2) is 0 Å². The van der Waals surface area contributed by atoms with E-state index in [1.54, 1.807) is 42.7 Å². The first-order valence-corrected chi connectivity index (χ1v) is 9.15. The van der Waals surface area contributed by atoms with E-state index >= 15 is 0 Å². The number of hydrogen-bond acceptors (Lipinski definition) is 4. The third kappa shape index (κ3) is 4.40. The van der Waals surface area contributed by atoms with E-state index in [0.29, 0.717) is 39.3 Å². The predicted molar refractivity (Wildman–Crippen MR) is 115 cm³/mol. The Hall–Kier alpha value is -3.13. The molecule has 0 saturated heterocycles. The van der Waals surface area contributed by atoms with Crippen molar-refractivity contribution in [1.82, 2.24) is 0 Å². The Balaban J connectivity index is 2.04. The van der Waals surface area contributed by atoms with Crippen LogP contribution in [0.5, 0.6) is 0 Å². The number of benzene rings is 2. The minimum Gasteiger partial charge on any atom is -0.465 e. The van der Waals surface area contributed by atoms with E-state index in [-0.39, 0.29) is 0 Å². The van der Waals surface area contributed by atoms with Gasteiger partial charge in [0.05, 0.1) is 28.9 Å². The van der Waals surface area contributed by atoms with Gasteiger partial charge in [0, 0.05) is 22.7 Å². The molecule has 0 unspecified atom stereocenters. The van der Waals surface area contributed by atoms with Crippen molar-refractivity contribution < 1.29 is 4.42 Å². The summed E-state index contributed by atoms with van der Waals surface area (Å²) in [5, 5.41) is 10.8. The summed E-state index contributed by atoms with van der Waals surface area (Å²) >= 11 is 12.4. The number of hydrogen-bond donors (Lipinski definition) is 1. The van der Waals surface area contributed by atoms with Crippen LogP contribution in [-0.4, -0.2) is 0 Å². The van der Waals surface area contributed by atoms with Gasteiger partial charge >= 0.3 is 0 Å². The van der Waals surface area contributed by atoms with E-state index in [1.165, 1.54) is 0 Å². The van der Waals surface area contributed by atoms with Gasteiger partial charge in [0.2, 0.25) is 0 Å². The first-order chi connectivity index (χ1) is 13.5. The molecule has 140 valence electrons. The summed E-state index contributed by atoms with van der Waals surface area (Å²) in [7, 11) is 0. The Labute approximate surface area is 173 Å². The van der Waals surface area contributed by atoms with E-state index in [1.807, 2.05) is 29.2 Å². The van der Waals surface area contributed by atoms with Crippen molar-refractivity contribution in [3.63, 3.8) is 0 Å². The smallest absolute Gasteiger partial charge is 0.128 e. The molecule has 0 fully saturated rings. The van der Waals surface area contributed by atoms with Crippen LogP contribution in [0, 0.1) is 11.3 Å². The summed E-state index contributed by atoms with van der Waals surface area (Å²) in [4.78, 5) is 1.85. The van der Waals surface area contributed by atoms with Crippen LogP contribution in [0.3, 0.4) is 0 Å². The van der Waals surface area contributed by atoms with Gasteiger partial charge in [-0.3, -0.25) is 0 Å². The van der Waals surface area contributed by atoms with Crippen LogP contribution in [0.25, 0.3) is 6.08 Å². The molecule has 2 aromatic carbocycles. The molecule has 0 saturated carbocycles. The summed E-state index contributed by atoms with van der Waals surface area (Å²) in [5.74, 6) is 0.559. The van der Waals surface area contributed by atoms with Crippen molar-refractivity contribution >= 4 is 40.7 Å². The fourth-order valence-corrected chi connectivity index (χ4v) is 3.19. The highest BCUT2D eigenvalue weighted by molar-refractivity contribution is 6.35. The van der Waals surface area contributed by atoms with Gasteiger partial charge < -0.3 is 15.1 Å². The Bertz CT molecular complexity index is 1070. The lowest BCUT2D eigenvalue weighted by Crippen LogP contribution is -2.23. The molecule has 28 heavy (non-hydrogen) atoms. The molecule has 0 aliphatic rings. The molecule has 0 aliphatic carbocycles. The second-order valence-electron chi connectivity index (χ2n) is 6.01. The predicted octanol–water partition coefficient (Wildman–Crippen LogP) is 6.30. The minimum atomic E-state index is 0.350. The SMILES string of the molecule is C=C(/C(C#N)=C/c1ccco1)N(Cc1ccc(Cl)cc1Cl)c1ccccc1N. The van der Waals surface area contributed by atoms with E-state index in [0.717, 1.165) is 11.3 Å². The Morgan fingerprint density at radius 1 is 1.18 bits per heavy atom. The van der Waals surface area contributed by atoms with Gasteiger partial charge in [-0.1, -0.05) is 48.0 Å². The van der Waals surface area contributed by atoms with Crippen LogP contribution >= 0.6 is 23.2 Å². The topological polar surface area (TPSA) is 66.2 Å². The molecule has 0 spiro atoms. The molecule has 6 heteroatoms. The maximum Gasteiger partial charge on any atom is 0.128 e. The van der Waals surface area contributed by atoms with Crippen LogP contribution in [0.15, 0.2) is 83.1 Å². The van der Waals surface area contributed by atoms with Gasteiger partial charge in [-0.25, -0.2) is 0 Å². The van der Waals surface area contributed by atoms with Gasteiger partial charge in [0.25, 0.3) is 0 Å². The van der Waals surface area contributed by atoms with Crippen LogP contribution in [0.4, 0.5) is 11.4 Å². The average Bonchev–Trinajstić information content (AvgIpc) is 3.19. The summed E-state index contributed by atoms with van der Waals surface area (Å²) in [6.07, 6.45) is 3.18. The number of nitrogens with zero attached hydrogens (tertiary/aromatic N) is 2. The number of allylic oxidation sites excluding steroid dienone is 1. The molecule has 0 amide bonds. The molecule has 1 aromatic heterocycles. The fraction of sp³-hybridized carbons (Fsp3) is 0.0455. The monoisotopic (exact) mass is 409 g/mol. The molecule has 0 radical (unpaired) electrons. The first kappa shape index (κ1) is 19.6. The van der Waals surface area contributed by atoms with Gasteiger partial charge in [-0.2, -0.15) is 5.26 Å². The third-order valence-electron chi connectivity index (χ3n) is 4.16. The Kier molecular flexibility index (Phi) is 6.10. The Morgan fingerprint density at radius 3 is 2.61 bits per heavy atom. The molecular formula is C22H17Cl2N3O. The van der Waals surface area contributed by atoms with Crippen molar-refractivity contribution in [3.8, 4) is 6.07 Å². The summed E-state index contributed by atoms with van der Waals surface area (Å²) in [6.45, 7) is 4.50. The highest BCUT2D eigenvalue weighted by Gasteiger charge is 2.18. The highest BCUT2D eigenvalue weighted by Crippen LogP contribution is 2.32. The summed E-state index contributed by atoms with van der Waals surface area (Å²) in [5.41, 5.74) is 9.13. The quantitative estimate of drug-likeness (QED) is 0.294.